The molecule has 0 aliphatic carbocycles. The van der Waals surface area contributed by atoms with E-state index in [-0.39, 0.29) is 0 Å². The van der Waals surface area contributed by atoms with E-state index in [4.69, 9.17) is 23.2 Å². The molecule has 0 bridgehead atoms. The summed E-state index contributed by atoms with van der Waals surface area (Å²) in [5, 5.41) is 4.63. The molecule has 0 heterocycles. The smallest absolute Gasteiger partial charge is 0.0595 e. The van der Waals surface area contributed by atoms with Crippen LogP contribution in [-0.4, -0.2) is 12.6 Å². The Morgan fingerprint density at radius 2 is 2.06 bits per heavy atom. The lowest BCUT2D eigenvalue weighted by Gasteiger charge is -2.15. The highest BCUT2D eigenvalue weighted by molar-refractivity contribution is 6.42. The second-order valence-electron chi connectivity index (χ2n) is 3.84. The van der Waals surface area contributed by atoms with Gasteiger partial charge in [-0.05, 0) is 37.6 Å². The number of nitrogens with one attached hydrogen (secondary N) is 1. The molecule has 1 unspecified atom stereocenters. The molecule has 0 amide bonds. The van der Waals surface area contributed by atoms with Crippen LogP contribution in [0.5, 0.6) is 0 Å². The van der Waals surface area contributed by atoms with Crippen molar-refractivity contribution in [1.29, 1.82) is 0 Å². The van der Waals surface area contributed by atoms with Gasteiger partial charge in [-0.15, -0.1) is 11.8 Å². The molecule has 1 N–H and O–H groups in total. The quantitative estimate of drug-likeness (QED) is 0.799. The SMILES string of the molecule is CC#CCC(Cc1ccc(Cl)c(Cl)c1)NCC. The number of rotatable bonds is 5. The van der Waals surface area contributed by atoms with E-state index in [0.717, 1.165) is 19.4 Å². The number of hydrogen-bond donors (Lipinski definition) is 1. The number of halogens is 2. The van der Waals surface area contributed by atoms with Crippen LogP contribution < -0.4 is 5.32 Å². The van der Waals surface area contributed by atoms with Crippen molar-refractivity contribution >= 4 is 23.2 Å². The van der Waals surface area contributed by atoms with Crippen LogP contribution in [0.1, 0.15) is 25.8 Å². The lowest BCUT2D eigenvalue weighted by atomic mass is 10.0. The second kappa shape index (κ2) is 7.61. The summed E-state index contributed by atoms with van der Waals surface area (Å²) < 4.78 is 0. The highest BCUT2D eigenvalue weighted by Gasteiger charge is 2.08. The Hall–Kier alpha value is -0.680. The van der Waals surface area contributed by atoms with Crippen molar-refractivity contribution in [2.45, 2.75) is 32.7 Å². The van der Waals surface area contributed by atoms with Crippen molar-refractivity contribution in [1.82, 2.24) is 5.32 Å². The number of hydrogen-bond acceptors (Lipinski definition) is 1. The van der Waals surface area contributed by atoms with Gasteiger partial charge < -0.3 is 5.32 Å². The van der Waals surface area contributed by atoms with Gasteiger partial charge in [0.15, 0.2) is 0 Å². The molecule has 17 heavy (non-hydrogen) atoms. The molecule has 1 rings (SSSR count). The Morgan fingerprint density at radius 3 is 2.65 bits per heavy atom. The van der Waals surface area contributed by atoms with Crippen molar-refractivity contribution < 1.29 is 0 Å². The fourth-order valence-electron chi connectivity index (χ4n) is 1.68. The first-order valence-electron chi connectivity index (χ1n) is 5.74. The Balaban J connectivity index is 2.69. The maximum Gasteiger partial charge on any atom is 0.0595 e. The molecule has 0 fully saturated rings. The molecule has 3 heteroatoms. The molecule has 1 atom stereocenters. The van der Waals surface area contributed by atoms with Gasteiger partial charge in [0.25, 0.3) is 0 Å². The monoisotopic (exact) mass is 269 g/mol. The third-order valence-electron chi connectivity index (χ3n) is 2.48. The van der Waals surface area contributed by atoms with Crippen LogP contribution in [0.2, 0.25) is 10.0 Å². The van der Waals surface area contributed by atoms with Crippen LogP contribution in [0, 0.1) is 11.8 Å². The molecule has 1 aromatic carbocycles. The van der Waals surface area contributed by atoms with E-state index >= 15 is 0 Å². The van der Waals surface area contributed by atoms with E-state index in [1.165, 1.54) is 5.56 Å². The first kappa shape index (κ1) is 14.4. The molecule has 92 valence electrons. The number of benzene rings is 1. The fourth-order valence-corrected chi connectivity index (χ4v) is 2.00. The predicted octanol–water partition coefficient (Wildman–Crippen LogP) is 3.93. The van der Waals surface area contributed by atoms with Crippen molar-refractivity contribution in [3.63, 3.8) is 0 Å². The van der Waals surface area contributed by atoms with Crippen LogP contribution in [-0.2, 0) is 6.42 Å². The minimum Gasteiger partial charge on any atom is -0.313 e. The average Bonchev–Trinajstić information content (AvgIpc) is 2.31. The van der Waals surface area contributed by atoms with Crippen LogP contribution in [0.15, 0.2) is 18.2 Å². The first-order chi connectivity index (χ1) is 8.17. The Bertz CT molecular complexity index is 418. The van der Waals surface area contributed by atoms with E-state index in [0.29, 0.717) is 16.1 Å². The average molecular weight is 270 g/mol. The van der Waals surface area contributed by atoms with Crippen molar-refractivity contribution in [3.8, 4) is 11.8 Å². The van der Waals surface area contributed by atoms with Crippen molar-refractivity contribution in [3.05, 3.63) is 33.8 Å². The summed E-state index contributed by atoms with van der Waals surface area (Å²) >= 11 is 11.9. The lowest BCUT2D eigenvalue weighted by Crippen LogP contribution is -2.30. The summed E-state index contributed by atoms with van der Waals surface area (Å²) in [6.45, 7) is 4.90. The maximum absolute atomic E-state index is 6.00. The minimum atomic E-state index is 0.365. The third-order valence-corrected chi connectivity index (χ3v) is 3.22. The molecule has 1 nitrogen and oxygen atoms in total. The summed E-state index contributed by atoms with van der Waals surface area (Å²) in [7, 11) is 0. The van der Waals surface area contributed by atoms with E-state index in [1.54, 1.807) is 0 Å². The first-order valence-corrected chi connectivity index (χ1v) is 6.49. The van der Waals surface area contributed by atoms with Crippen LogP contribution in [0.25, 0.3) is 0 Å². The molecular weight excluding hydrogens is 253 g/mol. The molecule has 0 spiro atoms. The lowest BCUT2D eigenvalue weighted by molar-refractivity contribution is 0.535. The summed E-state index contributed by atoms with van der Waals surface area (Å²) in [6, 6.07) is 6.14. The van der Waals surface area contributed by atoms with Gasteiger partial charge in [-0.2, -0.15) is 0 Å². The largest absolute Gasteiger partial charge is 0.313 e. The molecule has 0 aromatic heterocycles. The standard InChI is InChI=1S/C14H17Cl2N/c1-3-5-6-12(17-4-2)9-11-7-8-13(15)14(16)10-11/h7-8,10,12,17H,4,6,9H2,1-2H3. The highest BCUT2D eigenvalue weighted by atomic mass is 35.5. The zero-order valence-corrected chi connectivity index (χ0v) is 11.7. The third kappa shape index (κ3) is 5.00. The topological polar surface area (TPSA) is 12.0 Å². The van der Waals surface area contributed by atoms with Gasteiger partial charge in [-0.3, -0.25) is 0 Å². The van der Waals surface area contributed by atoms with Gasteiger partial charge in [0, 0.05) is 12.5 Å². The van der Waals surface area contributed by atoms with Crippen molar-refractivity contribution in [2.75, 3.05) is 6.54 Å². The maximum atomic E-state index is 6.00. The van der Waals surface area contributed by atoms with E-state index < -0.39 is 0 Å². The highest BCUT2D eigenvalue weighted by Crippen LogP contribution is 2.23. The van der Waals surface area contributed by atoms with E-state index in [9.17, 15) is 0 Å². The van der Waals surface area contributed by atoms with Gasteiger partial charge in [-0.1, -0.05) is 36.2 Å². The molecule has 0 saturated carbocycles. The van der Waals surface area contributed by atoms with Gasteiger partial charge >= 0.3 is 0 Å². The normalized spacial score (nSPS) is 11.8. The molecule has 1 aromatic rings. The van der Waals surface area contributed by atoms with Gasteiger partial charge in [0.2, 0.25) is 0 Å². The van der Waals surface area contributed by atoms with Gasteiger partial charge in [-0.25, -0.2) is 0 Å². The summed E-state index contributed by atoms with van der Waals surface area (Å²) in [4.78, 5) is 0. The fraction of sp³-hybridized carbons (Fsp3) is 0.429. The Kier molecular flexibility index (Phi) is 6.44. The number of likely N-dealkylation sites (N-methyl/N-ethyl adjacent to an activating group) is 1. The minimum absolute atomic E-state index is 0.365. The predicted molar refractivity (Wildman–Crippen MR) is 75.7 cm³/mol. The molecule has 0 saturated heterocycles. The van der Waals surface area contributed by atoms with E-state index in [2.05, 4.69) is 24.1 Å². The summed E-state index contributed by atoms with van der Waals surface area (Å²) in [5.41, 5.74) is 1.18. The molecule has 0 aliphatic rings. The van der Waals surface area contributed by atoms with Gasteiger partial charge in [0.05, 0.1) is 10.0 Å². The second-order valence-corrected chi connectivity index (χ2v) is 4.65. The summed E-state index contributed by atoms with van der Waals surface area (Å²) in [5.74, 6) is 6.03. The van der Waals surface area contributed by atoms with Crippen LogP contribution in [0.3, 0.4) is 0 Å². The Labute approximate surface area is 114 Å². The molecule has 0 aliphatic heterocycles. The Morgan fingerprint density at radius 1 is 1.29 bits per heavy atom. The zero-order valence-electron chi connectivity index (χ0n) is 10.2. The van der Waals surface area contributed by atoms with Gasteiger partial charge in [0.1, 0.15) is 0 Å². The zero-order chi connectivity index (χ0) is 12.7. The van der Waals surface area contributed by atoms with Crippen LogP contribution >= 0.6 is 23.2 Å². The van der Waals surface area contributed by atoms with Crippen molar-refractivity contribution in [2.24, 2.45) is 0 Å². The van der Waals surface area contributed by atoms with E-state index in [1.807, 2.05) is 25.1 Å². The molecule has 0 radical (unpaired) electrons. The molecular formula is C14H17Cl2N. The van der Waals surface area contributed by atoms with Crippen LogP contribution in [0.4, 0.5) is 0 Å². The summed E-state index contributed by atoms with van der Waals surface area (Å²) in [6.07, 6.45) is 1.77.